The molecular formula is C25H52O8S. The lowest BCUT2D eigenvalue weighted by molar-refractivity contribution is -0.00498. The monoisotopic (exact) mass is 512 g/mol. The zero-order valence-electron chi connectivity index (χ0n) is 21.7. The van der Waals surface area contributed by atoms with E-state index < -0.39 is 10.4 Å². The summed E-state index contributed by atoms with van der Waals surface area (Å²) in [4.78, 5) is 0. The molecule has 0 heterocycles. The SMILES string of the molecule is CCCCCCCCCCCCCCCCCOCCOCCOCCOCCOS(=O)(=O)O. The summed E-state index contributed by atoms with van der Waals surface area (Å²) < 4.78 is 54.5. The Morgan fingerprint density at radius 1 is 0.441 bits per heavy atom. The first-order valence-electron chi connectivity index (χ1n) is 13.5. The molecule has 0 aliphatic heterocycles. The van der Waals surface area contributed by atoms with Gasteiger partial charge in [0.15, 0.2) is 0 Å². The van der Waals surface area contributed by atoms with Gasteiger partial charge in [-0.05, 0) is 6.42 Å². The molecule has 0 bridgehead atoms. The van der Waals surface area contributed by atoms with Gasteiger partial charge in [-0.3, -0.25) is 4.55 Å². The Bertz CT molecular complexity index is 487. The normalized spacial score (nSPS) is 11.9. The molecule has 206 valence electrons. The first kappa shape index (κ1) is 33.7. The van der Waals surface area contributed by atoms with Crippen LogP contribution in [0.1, 0.15) is 103 Å². The van der Waals surface area contributed by atoms with Gasteiger partial charge in [-0.25, -0.2) is 4.18 Å². The minimum atomic E-state index is -4.39. The molecule has 0 saturated carbocycles. The van der Waals surface area contributed by atoms with E-state index in [9.17, 15) is 8.42 Å². The molecule has 0 aromatic carbocycles. The molecule has 0 radical (unpaired) electrons. The highest BCUT2D eigenvalue weighted by Crippen LogP contribution is 2.13. The van der Waals surface area contributed by atoms with E-state index in [0.717, 1.165) is 13.0 Å². The standard InChI is InChI=1S/C25H52O8S/c1-2-3-4-5-6-7-8-9-10-11-12-13-14-15-16-17-29-18-19-30-20-21-31-22-23-32-24-25-33-34(26,27)28/h2-25H2,1H3,(H,26,27,28). The van der Waals surface area contributed by atoms with Crippen molar-refractivity contribution in [2.45, 2.75) is 103 Å². The van der Waals surface area contributed by atoms with Gasteiger partial charge in [-0.2, -0.15) is 8.42 Å². The molecule has 0 atom stereocenters. The lowest BCUT2D eigenvalue weighted by Gasteiger charge is -2.07. The van der Waals surface area contributed by atoms with Gasteiger partial charge in [-0.1, -0.05) is 96.8 Å². The Balaban J connectivity index is 3.04. The first-order chi connectivity index (χ1) is 16.6. The molecule has 0 aliphatic carbocycles. The Hall–Kier alpha value is -0.290. The Morgan fingerprint density at radius 2 is 0.735 bits per heavy atom. The van der Waals surface area contributed by atoms with E-state index in [-0.39, 0.29) is 13.2 Å². The molecule has 8 nitrogen and oxygen atoms in total. The lowest BCUT2D eigenvalue weighted by atomic mass is 10.0. The Kier molecular flexibility index (Phi) is 27.1. The third-order valence-corrected chi connectivity index (χ3v) is 5.93. The van der Waals surface area contributed by atoms with Crippen LogP contribution in [0.3, 0.4) is 0 Å². The van der Waals surface area contributed by atoms with Crippen molar-refractivity contribution in [2.24, 2.45) is 0 Å². The van der Waals surface area contributed by atoms with Gasteiger partial charge in [-0.15, -0.1) is 0 Å². The summed E-state index contributed by atoms with van der Waals surface area (Å²) >= 11 is 0. The molecule has 0 saturated heterocycles. The molecule has 0 aromatic heterocycles. The van der Waals surface area contributed by atoms with E-state index in [1.54, 1.807) is 0 Å². The maximum absolute atomic E-state index is 10.3. The molecule has 1 N–H and O–H groups in total. The average Bonchev–Trinajstić information content (AvgIpc) is 2.80. The fourth-order valence-electron chi connectivity index (χ4n) is 3.54. The quantitative estimate of drug-likeness (QED) is 0.0999. The van der Waals surface area contributed by atoms with Gasteiger partial charge in [0.05, 0.1) is 52.9 Å². The van der Waals surface area contributed by atoms with Crippen molar-refractivity contribution in [3.63, 3.8) is 0 Å². The van der Waals surface area contributed by atoms with Gasteiger partial charge in [0.25, 0.3) is 0 Å². The summed E-state index contributed by atoms with van der Waals surface area (Å²) in [5.74, 6) is 0. The van der Waals surface area contributed by atoms with Crippen LogP contribution in [0.4, 0.5) is 0 Å². The molecule has 0 spiro atoms. The predicted octanol–water partition coefficient (Wildman–Crippen LogP) is 5.74. The maximum Gasteiger partial charge on any atom is 0.397 e. The number of rotatable bonds is 29. The topological polar surface area (TPSA) is 101 Å². The van der Waals surface area contributed by atoms with E-state index in [2.05, 4.69) is 11.1 Å². The smallest absolute Gasteiger partial charge is 0.379 e. The largest absolute Gasteiger partial charge is 0.397 e. The van der Waals surface area contributed by atoms with Crippen LogP contribution >= 0.6 is 0 Å². The number of hydrogen-bond donors (Lipinski definition) is 1. The summed E-state index contributed by atoms with van der Waals surface area (Å²) in [6.45, 7) is 5.74. The highest BCUT2D eigenvalue weighted by Gasteiger charge is 2.02. The molecule has 0 amide bonds. The van der Waals surface area contributed by atoms with Crippen LogP contribution in [0, 0.1) is 0 Å². The number of unbranched alkanes of at least 4 members (excludes halogenated alkanes) is 14. The van der Waals surface area contributed by atoms with E-state index >= 15 is 0 Å². The summed E-state index contributed by atoms with van der Waals surface area (Å²) in [6, 6.07) is 0. The van der Waals surface area contributed by atoms with Gasteiger partial charge >= 0.3 is 10.4 Å². The molecule has 0 rings (SSSR count). The van der Waals surface area contributed by atoms with Crippen molar-refractivity contribution in [2.75, 3.05) is 59.5 Å². The summed E-state index contributed by atoms with van der Waals surface area (Å²) in [5, 5.41) is 0. The second-order valence-corrected chi connectivity index (χ2v) is 9.74. The molecule has 0 aliphatic rings. The third kappa shape index (κ3) is 31.7. The van der Waals surface area contributed by atoms with Crippen molar-refractivity contribution in [3.8, 4) is 0 Å². The van der Waals surface area contributed by atoms with Crippen LogP contribution in [0.25, 0.3) is 0 Å². The Morgan fingerprint density at radius 3 is 1.09 bits per heavy atom. The lowest BCUT2D eigenvalue weighted by Crippen LogP contribution is -2.14. The van der Waals surface area contributed by atoms with Crippen LogP contribution in [0.5, 0.6) is 0 Å². The van der Waals surface area contributed by atoms with Gasteiger partial charge in [0, 0.05) is 6.61 Å². The fourth-order valence-corrected chi connectivity index (χ4v) is 3.81. The zero-order chi connectivity index (χ0) is 25.0. The minimum Gasteiger partial charge on any atom is -0.379 e. The highest BCUT2D eigenvalue weighted by molar-refractivity contribution is 7.80. The van der Waals surface area contributed by atoms with Gasteiger partial charge < -0.3 is 18.9 Å². The molecule has 0 aromatic rings. The fraction of sp³-hybridized carbons (Fsp3) is 1.00. The second-order valence-electron chi connectivity index (χ2n) is 8.65. The Labute approximate surface area is 209 Å². The van der Waals surface area contributed by atoms with Crippen LogP contribution in [-0.2, 0) is 33.5 Å². The third-order valence-electron chi connectivity index (χ3n) is 5.47. The minimum absolute atomic E-state index is 0.0658. The van der Waals surface area contributed by atoms with Crippen molar-refractivity contribution in [1.29, 1.82) is 0 Å². The van der Waals surface area contributed by atoms with E-state index in [4.69, 9.17) is 23.5 Å². The van der Waals surface area contributed by atoms with Crippen LogP contribution in [-0.4, -0.2) is 72.4 Å². The van der Waals surface area contributed by atoms with E-state index in [1.165, 1.54) is 89.9 Å². The van der Waals surface area contributed by atoms with Crippen molar-refractivity contribution in [3.05, 3.63) is 0 Å². The van der Waals surface area contributed by atoms with Crippen molar-refractivity contribution < 1.29 is 36.1 Å². The zero-order valence-corrected chi connectivity index (χ0v) is 22.5. The van der Waals surface area contributed by atoms with E-state index in [1.807, 2.05) is 0 Å². The predicted molar refractivity (Wildman–Crippen MR) is 136 cm³/mol. The van der Waals surface area contributed by atoms with Crippen LogP contribution in [0.15, 0.2) is 0 Å². The molecule has 0 unspecified atom stereocenters. The molecule has 34 heavy (non-hydrogen) atoms. The first-order valence-corrected chi connectivity index (χ1v) is 14.9. The van der Waals surface area contributed by atoms with Crippen molar-refractivity contribution >= 4 is 10.4 Å². The van der Waals surface area contributed by atoms with Crippen molar-refractivity contribution in [1.82, 2.24) is 0 Å². The molecule has 0 fully saturated rings. The summed E-state index contributed by atoms with van der Waals surface area (Å²) in [6.07, 6.45) is 20.5. The number of ether oxygens (including phenoxy) is 4. The van der Waals surface area contributed by atoms with Gasteiger partial charge in [0.2, 0.25) is 0 Å². The summed E-state index contributed by atoms with van der Waals surface area (Å²) in [7, 11) is -4.39. The van der Waals surface area contributed by atoms with E-state index in [0.29, 0.717) is 39.6 Å². The van der Waals surface area contributed by atoms with Crippen LogP contribution in [0.2, 0.25) is 0 Å². The maximum atomic E-state index is 10.3. The average molecular weight is 513 g/mol. The molecule has 9 heteroatoms. The van der Waals surface area contributed by atoms with Gasteiger partial charge in [0.1, 0.15) is 0 Å². The second kappa shape index (κ2) is 27.3. The molecular weight excluding hydrogens is 460 g/mol. The number of hydrogen-bond acceptors (Lipinski definition) is 7. The van der Waals surface area contributed by atoms with Crippen LogP contribution < -0.4 is 0 Å². The highest BCUT2D eigenvalue weighted by atomic mass is 32.3. The summed E-state index contributed by atoms with van der Waals surface area (Å²) in [5.41, 5.74) is 0.